The highest BCUT2D eigenvalue weighted by Crippen LogP contribution is 2.38. The van der Waals surface area contributed by atoms with E-state index in [2.05, 4.69) is 11.4 Å². The Morgan fingerprint density at radius 2 is 1.86 bits per heavy atom. The number of halogens is 1. The van der Waals surface area contributed by atoms with Crippen LogP contribution in [0.25, 0.3) is 10.8 Å². The highest BCUT2D eigenvalue weighted by Gasteiger charge is 2.38. The number of rotatable bonds is 8. The zero-order valence-electron chi connectivity index (χ0n) is 23.8. The number of amides is 3. The summed E-state index contributed by atoms with van der Waals surface area (Å²) >= 11 is 0. The van der Waals surface area contributed by atoms with Crippen molar-refractivity contribution < 1.29 is 27.5 Å². The summed E-state index contributed by atoms with van der Waals surface area (Å²) in [6.45, 7) is 3.29. The van der Waals surface area contributed by atoms with E-state index in [4.69, 9.17) is 4.74 Å². The van der Waals surface area contributed by atoms with Crippen molar-refractivity contribution in [2.75, 3.05) is 35.5 Å². The number of sulfone groups is 1. The first-order chi connectivity index (χ1) is 19.5. The number of carbonyl (C=O) groups excluding carboxylic acids is 3. The smallest absolute Gasteiger partial charge is 0.251 e. The van der Waals surface area contributed by atoms with Crippen molar-refractivity contribution in [2.45, 2.75) is 32.9 Å². The molecule has 0 radical (unpaired) electrons. The van der Waals surface area contributed by atoms with Crippen LogP contribution in [-0.2, 0) is 30.8 Å². The van der Waals surface area contributed by atoms with Gasteiger partial charge < -0.3 is 19.9 Å². The van der Waals surface area contributed by atoms with Crippen LogP contribution in [0.4, 0.5) is 11.4 Å². The summed E-state index contributed by atoms with van der Waals surface area (Å²) in [5.74, 6) is -2.28. The average molecular weight is 613 g/mol. The van der Waals surface area contributed by atoms with Crippen LogP contribution in [0.3, 0.4) is 0 Å². The molecule has 1 aliphatic rings. The number of fused-ring (bicyclic) bond motifs is 2. The Hall–Kier alpha value is -4.14. The van der Waals surface area contributed by atoms with Crippen LogP contribution in [0.2, 0.25) is 0 Å². The van der Waals surface area contributed by atoms with Gasteiger partial charge in [0.25, 0.3) is 5.91 Å². The van der Waals surface area contributed by atoms with Crippen LogP contribution in [0.5, 0.6) is 5.75 Å². The predicted octanol–water partition coefficient (Wildman–Crippen LogP) is 3.60. The van der Waals surface area contributed by atoms with Crippen molar-refractivity contribution >= 4 is 62.1 Å². The molecule has 0 bridgehead atoms. The monoisotopic (exact) mass is 612 g/mol. The molecule has 0 spiro atoms. The summed E-state index contributed by atoms with van der Waals surface area (Å²) in [6.07, 6.45) is 1.49. The molecule has 4 rings (SSSR count). The number of benzene rings is 3. The fourth-order valence-electron chi connectivity index (χ4n) is 4.84. The Morgan fingerprint density at radius 1 is 1.14 bits per heavy atom. The number of nitriles is 1. The molecule has 0 aromatic heterocycles. The molecule has 12 heteroatoms. The minimum atomic E-state index is -3.71. The van der Waals surface area contributed by atoms with E-state index in [1.807, 2.05) is 37.3 Å². The number of anilines is 2. The second-order valence-corrected chi connectivity index (χ2v) is 12.3. The first-order valence-electron chi connectivity index (χ1n) is 13.2. The van der Waals surface area contributed by atoms with Crippen molar-refractivity contribution in [3.63, 3.8) is 0 Å². The van der Waals surface area contributed by atoms with E-state index in [0.29, 0.717) is 17.7 Å². The zero-order chi connectivity index (χ0) is 29.9. The molecule has 0 fully saturated rings. The van der Waals surface area contributed by atoms with Gasteiger partial charge in [0.2, 0.25) is 11.8 Å². The molecular weight excluding hydrogens is 580 g/mol. The van der Waals surface area contributed by atoms with E-state index in [0.717, 1.165) is 17.0 Å². The van der Waals surface area contributed by atoms with Gasteiger partial charge in [-0.2, -0.15) is 5.26 Å². The van der Waals surface area contributed by atoms with Crippen LogP contribution in [0.15, 0.2) is 54.6 Å². The Labute approximate surface area is 251 Å². The topological polar surface area (TPSA) is 137 Å². The molecule has 10 nitrogen and oxygen atoms in total. The maximum absolute atomic E-state index is 14.3. The Kier molecular flexibility index (Phi) is 10.2. The molecule has 1 heterocycles. The Bertz CT molecular complexity index is 1670. The van der Waals surface area contributed by atoms with E-state index < -0.39 is 39.4 Å². The van der Waals surface area contributed by atoms with Crippen LogP contribution in [-0.4, -0.2) is 57.8 Å². The van der Waals surface area contributed by atoms with Crippen LogP contribution in [0.1, 0.15) is 31.4 Å². The molecular formula is C30H33ClN4O6S. The molecule has 0 unspecified atom stereocenters. The number of methoxy groups -OCH3 is 1. The highest BCUT2D eigenvalue weighted by molar-refractivity contribution is 7.91. The third-order valence-corrected chi connectivity index (χ3v) is 7.98. The second-order valence-electron chi connectivity index (χ2n) is 10.2. The van der Waals surface area contributed by atoms with Gasteiger partial charge in [-0.05, 0) is 41.5 Å². The number of hydrogen-bond acceptors (Lipinski definition) is 7. The quantitative estimate of drug-likeness (QED) is 0.410. The molecule has 3 aromatic carbocycles. The Balaban J connectivity index is 0.00000484. The Morgan fingerprint density at radius 3 is 2.50 bits per heavy atom. The lowest BCUT2D eigenvalue weighted by Crippen LogP contribution is -2.54. The largest absolute Gasteiger partial charge is 0.496 e. The molecule has 2 atom stereocenters. The van der Waals surface area contributed by atoms with Crippen molar-refractivity contribution in [1.82, 2.24) is 5.32 Å². The normalized spacial score (nSPS) is 15.6. The van der Waals surface area contributed by atoms with E-state index in [1.165, 1.54) is 35.1 Å². The number of ether oxygens (including phenoxy) is 1. The summed E-state index contributed by atoms with van der Waals surface area (Å²) in [5.41, 5.74) is 1.43. The first kappa shape index (κ1) is 32.4. The number of carbonyl (C=O) groups is 3. The third kappa shape index (κ3) is 6.83. The average Bonchev–Trinajstić information content (AvgIpc) is 3.06. The standard InChI is InChI=1S/C30H32N4O6S.ClH/c1-5-19(2)29(36)32-24-17-33(28(35)18-41(4,38)39)25-12-10-20(15-31)14-26(25)34(30(24)37)16-23-22-9-7-6-8-21(22)11-13-27(23)40-3;/h6-14,19,24H,5,16-18H2,1-4H3,(H,32,36);1H/t19-,24+;/m1./s1. The molecule has 1 N–H and O–H groups in total. The fraction of sp³-hybridized carbons (Fsp3) is 0.333. The minimum Gasteiger partial charge on any atom is -0.496 e. The SMILES string of the molecule is CC[C@@H](C)C(=O)N[C@H]1CN(C(=O)CS(C)(=O)=O)c2ccc(C#N)cc2N(Cc2c(OC)ccc3ccccc23)C1=O.Cl. The van der Waals surface area contributed by atoms with Gasteiger partial charge in [-0.25, -0.2) is 8.42 Å². The second kappa shape index (κ2) is 13.2. The molecule has 3 amide bonds. The summed E-state index contributed by atoms with van der Waals surface area (Å²) in [5, 5.41) is 14.2. The van der Waals surface area contributed by atoms with Crippen molar-refractivity contribution in [2.24, 2.45) is 5.92 Å². The lowest BCUT2D eigenvalue weighted by molar-refractivity contribution is -0.129. The van der Waals surface area contributed by atoms with Crippen molar-refractivity contribution in [3.8, 4) is 11.8 Å². The molecule has 3 aromatic rings. The molecule has 42 heavy (non-hydrogen) atoms. The van der Waals surface area contributed by atoms with Crippen molar-refractivity contribution in [3.05, 3.63) is 65.7 Å². The van der Waals surface area contributed by atoms with Crippen molar-refractivity contribution in [1.29, 1.82) is 5.26 Å². The van der Waals surface area contributed by atoms with Gasteiger partial charge in [-0.15, -0.1) is 12.4 Å². The summed E-state index contributed by atoms with van der Waals surface area (Å²) < 4.78 is 29.8. The van der Waals surface area contributed by atoms with Crippen LogP contribution < -0.4 is 19.9 Å². The van der Waals surface area contributed by atoms with Gasteiger partial charge in [-0.3, -0.25) is 14.4 Å². The third-order valence-electron chi connectivity index (χ3n) is 7.21. The molecule has 0 saturated carbocycles. The van der Waals surface area contributed by atoms with Gasteiger partial charge >= 0.3 is 0 Å². The first-order valence-corrected chi connectivity index (χ1v) is 15.2. The lowest BCUT2D eigenvalue weighted by atomic mass is 10.0. The molecule has 0 aliphatic carbocycles. The molecule has 222 valence electrons. The molecule has 1 aliphatic heterocycles. The summed E-state index contributed by atoms with van der Waals surface area (Å²) in [6, 6.07) is 16.7. The van der Waals surface area contributed by atoms with Gasteiger partial charge in [0.1, 0.15) is 17.5 Å². The maximum Gasteiger partial charge on any atom is 0.251 e. The van der Waals surface area contributed by atoms with Crippen LogP contribution in [0, 0.1) is 17.2 Å². The fourth-order valence-corrected chi connectivity index (χ4v) is 5.44. The van der Waals surface area contributed by atoms with E-state index in [9.17, 15) is 28.1 Å². The van der Waals surface area contributed by atoms with E-state index in [1.54, 1.807) is 13.0 Å². The highest BCUT2D eigenvalue weighted by atomic mass is 35.5. The number of nitrogens with one attached hydrogen (secondary N) is 1. The number of hydrogen-bond donors (Lipinski definition) is 1. The predicted molar refractivity (Wildman–Crippen MR) is 164 cm³/mol. The maximum atomic E-state index is 14.3. The lowest BCUT2D eigenvalue weighted by Gasteiger charge is -2.27. The van der Waals surface area contributed by atoms with Gasteiger partial charge in [0.05, 0.1) is 43.2 Å². The minimum absolute atomic E-state index is 0. The number of nitrogens with zero attached hydrogens (tertiary/aromatic N) is 3. The van der Waals surface area contributed by atoms with Gasteiger partial charge in [-0.1, -0.05) is 44.2 Å². The van der Waals surface area contributed by atoms with E-state index >= 15 is 0 Å². The van der Waals surface area contributed by atoms with Gasteiger partial charge in [0.15, 0.2) is 9.84 Å². The van der Waals surface area contributed by atoms with Gasteiger partial charge in [0, 0.05) is 17.7 Å². The van der Waals surface area contributed by atoms with E-state index in [-0.39, 0.29) is 48.3 Å². The summed E-state index contributed by atoms with van der Waals surface area (Å²) in [4.78, 5) is 43.3. The summed E-state index contributed by atoms with van der Waals surface area (Å²) in [7, 11) is -2.18. The molecule has 0 saturated heterocycles. The van der Waals surface area contributed by atoms with Crippen LogP contribution >= 0.6 is 12.4 Å². The zero-order valence-corrected chi connectivity index (χ0v) is 25.4.